The first-order valence-electron chi connectivity index (χ1n) is 6.28. The summed E-state index contributed by atoms with van der Waals surface area (Å²) >= 11 is 0. The molecule has 0 atom stereocenters. The van der Waals surface area contributed by atoms with E-state index in [2.05, 4.69) is 27.6 Å². The molecule has 5 nitrogen and oxygen atoms in total. The first-order chi connectivity index (χ1) is 8.36. The van der Waals surface area contributed by atoms with E-state index >= 15 is 0 Å². The highest BCUT2D eigenvalue weighted by Crippen LogP contribution is 1.90. The van der Waals surface area contributed by atoms with Gasteiger partial charge in [0, 0.05) is 32.5 Å². The third-order valence-electron chi connectivity index (χ3n) is 2.49. The van der Waals surface area contributed by atoms with Crippen LogP contribution in [0.4, 0.5) is 0 Å². The quantitative estimate of drug-likeness (QED) is 0.426. The average Bonchev–Trinajstić information content (AvgIpc) is 2.85. The van der Waals surface area contributed by atoms with Gasteiger partial charge in [0.15, 0.2) is 5.96 Å². The number of nitrogens with zero attached hydrogens (tertiary/aromatic N) is 3. The molecular weight excluding hydrogens is 214 g/mol. The van der Waals surface area contributed by atoms with Gasteiger partial charge in [-0.25, -0.2) is 0 Å². The van der Waals surface area contributed by atoms with Gasteiger partial charge in [-0.3, -0.25) is 9.67 Å². The van der Waals surface area contributed by atoms with Crippen LogP contribution in [0.25, 0.3) is 0 Å². The van der Waals surface area contributed by atoms with Gasteiger partial charge in [-0.05, 0) is 12.5 Å². The van der Waals surface area contributed by atoms with Crippen molar-refractivity contribution in [1.82, 2.24) is 20.4 Å². The van der Waals surface area contributed by atoms with Crippen molar-refractivity contribution < 1.29 is 0 Å². The third-order valence-corrected chi connectivity index (χ3v) is 2.49. The van der Waals surface area contributed by atoms with Crippen molar-refractivity contribution in [3.05, 3.63) is 18.5 Å². The average molecular weight is 237 g/mol. The fourth-order valence-corrected chi connectivity index (χ4v) is 1.52. The lowest BCUT2D eigenvalue weighted by Gasteiger charge is -2.11. The summed E-state index contributed by atoms with van der Waals surface area (Å²) < 4.78 is 1.90. The molecule has 0 bridgehead atoms. The van der Waals surface area contributed by atoms with Gasteiger partial charge in [-0.1, -0.05) is 19.8 Å². The maximum absolute atomic E-state index is 4.17. The van der Waals surface area contributed by atoms with E-state index in [0.717, 1.165) is 25.6 Å². The lowest BCUT2D eigenvalue weighted by molar-refractivity contribution is 0.595. The Kier molecular flexibility index (Phi) is 6.86. The van der Waals surface area contributed by atoms with Gasteiger partial charge in [-0.15, -0.1) is 0 Å². The number of aliphatic imine (C=N–C) groups is 1. The minimum Gasteiger partial charge on any atom is -0.356 e. The van der Waals surface area contributed by atoms with Gasteiger partial charge < -0.3 is 10.6 Å². The second-order valence-electron chi connectivity index (χ2n) is 3.90. The second-order valence-corrected chi connectivity index (χ2v) is 3.90. The van der Waals surface area contributed by atoms with Crippen molar-refractivity contribution in [1.29, 1.82) is 0 Å². The monoisotopic (exact) mass is 237 g/mol. The summed E-state index contributed by atoms with van der Waals surface area (Å²) in [6.07, 6.45) is 7.44. The zero-order chi connectivity index (χ0) is 12.3. The highest BCUT2D eigenvalue weighted by atomic mass is 15.3. The summed E-state index contributed by atoms with van der Waals surface area (Å²) in [4.78, 5) is 4.17. The Balaban J connectivity index is 2.10. The molecule has 0 spiro atoms. The number of nitrogens with one attached hydrogen (secondary N) is 2. The Bertz CT molecular complexity index is 305. The summed E-state index contributed by atoms with van der Waals surface area (Å²) in [6.45, 7) is 4.87. The molecule has 2 N–H and O–H groups in total. The SMILES string of the molecule is CCCCCNC(=NC)NCCn1cccn1. The molecule has 0 aliphatic carbocycles. The molecule has 1 aromatic heterocycles. The molecule has 1 heterocycles. The summed E-state index contributed by atoms with van der Waals surface area (Å²) in [5.74, 6) is 0.869. The van der Waals surface area contributed by atoms with E-state index in [4.69, 9.17) is 0 Å². The molecule has 0 aromatic carbocycles. The normalized spacial score (nSPS) is 11.5. The van der Waals surface area contributed by atoms with Crippen LogP contribution in [0.1, 0.15) is 26.2 Å². The van der Waals surface area contributed by atoms with Gasteiger partial charge in [0.1, 0.15) is 0 Å². The van der Waals surface area contributed by atoms with Crippen molar-refractivity contribution in [3.63, 3.8) is 0 Å². The van der Waals surface area contributed by atoms with Crippen LogP contribution in [-0.4, -0.2) is 35.9 Å². The minimum absolute atomic E-state index is 0.829. The van der Waals surface area contributed by atoms with Crippen LogP contribution in [0.3, 0.4) is 0 Å². The van der Waals surface area contributed by atoms with E-state index in [0.29, 0.717) is 0 Å². The maximum atomic E-state index is 4.17. The van der Waals surface area contributed by atoms with E-state index in [1.54, 1.807) is 13.2 Å². The first kappa shape index (κ1) is 13.5. The highest BCUT2D eigenvalue weighted by Gasteiger charge is 1.96. The number of aromatic nitrogens is 2. The van der Waals surface area contributed by atoms with Gasteiger partial charge in [0.05, 0.1) is 6.54 Å². The molecule has 0 saturated heterocycles. The van der Waals surface area contributed by atoms with E-state index in [1.807, 2.05) is 16.9 Å². The number of hydrogen-bond donors (Lipinski definition) is 2. The molecule has 0 saturated carbocycles. The highest BCUT2D eigenvalue weighted by molar-refractivity contribution is 5.79. The molecule has 0 unspecified atom stereocenters. The van der Waals surface area contributed by atoms with Crippen molar-refractivity contribution >= 4 is 5.96 Å². The van der Waals surface area contributed by atoms with E-state index in [1.165, 1.54) is 19.3 Å². The predicted octanol–water partition coefficient (Wildman–Crippen LogP) is 1.24. The van der Waals surface area contributed by atoms with Gasteiger partial charge >= 0.3 is 0 Å². The van der Waals surface area contributed by atoms with Crippen LogP contribution >= 0.6 is 0 Å². The van der Waals surface area contributed by atoms with Crippen LogP contribution in [0.15, 0.2) is 23.5 Å². The summed E-state index contributed by atoms with van der Waals surface area (Å²) in [5.41, 5.74) is 0. The van der Waals surface area contributed by atoms with Crippen LogP contribution in [-0.2, 0) is 6.54 Å². The standard InChI is InChI=1S/C12H23N5/c1-3-4-5-7-14-12(13-2)15-9-11-17-10-6-8-16-17/h6,8,10H,3-5,7,9,11H2,1-2H3,(H2,13,14,15). The lowest BCUT2D eigenvalue weighted by atomic mass is 10.2. The maximum Gasteiger partial charge on any atom is 0.191 e. The molecule has 0 aliphatic heterocycles. The van der Waals surface area contributed by atoms with Crippen molar-refractivity contribution in [3.8, 4) is 0 Å². The number of guanidine groups is 1. The summed E-state index contributed by atoms with van der Waals surface area (Å²) in [7, 11) is 1.79. The molecule has 0 amide bonds. The molecule has 1 rings (SSSR count). The summed E-state index contributed by atoms with van der Waals surface area (Å²) in [5, 5.41) is 10.7. The van der Waals surface area contributed by atoms with Crippen molar-refractivity contribution in [2.75, 3.05) is 20.1 Å². The Morgan fingerprint density at radius 2 is 2.12 bits per heavy atom. The molecule has 5 heteroatoms. The Labute approximate surface area is 103 Å². The third kappa shape index (κ3) is 5.94. The second kappa shape index (κ2) is 8.61. The van der Waals surface area contributed by atoms with Crippen molar-refractivity contribution in [2.24, 2.45) is 4.99 Å². The zero-order valence-electron chi connectivity index (χ0n) is 10.8. The molecule has 17 heavy (non-hydrogen) atoms. The Morgan fingerprint density at radius 1 is 1.29 bits per heavy atom. The van der Waals surface area contributed by atoms with Crippen LogP contribution < -0.4 is 10.6 Å². The van der Waals surface area contributed by atoms with E-state index < -0.39 is 0 Å². The van der Waals surface area contributed by atoms with Gasteiger partial charge in [0.25, 0.3) is 0 Å². The van der Waals surface area contributed by atoms with Crippen LogP contribution in [0.5, 0.6) is 0 Å². The molecule has 0 aliphatic rings. The molecule has 0 radical (unpaired) electrons. The van der Waals surface area contributed by atoms with Gasteiger partial charge in [0.2, 0.25) is 0 Å². The number of rotatable bonds is 7. The fraction of sp³-hybridized carbons (Fsp3) is 0.667. The molecule has 96 valence electrons. The Morgan fingerprint density at radius 3 is 2.76 bits per heavy atom. The molecular formula is C12H23N5. The van der Waals surface area contributed by atoms with Crippen molar-refractivity contribution in [2.45, 2.75) is 32.7 Å². The largest absolute Gasteiger partial charge is 0.356 e. The minimum atomic E-state index is 0.829. The number of hydrogen-bond acceptors (Lipinski definition) is 2. The smallest absolute Gasteiger partial charge is 0.191 e. The van der Waals surface area contributed by atoms with E-state index in [-0.39, 0.29) is 0 Å². The van der Waals surface area contributed by atoms with E-state index in [9.17, 15) is 0 Å². The summed E-state index contributed by atoms with van der Waals surface area (Å²) in [6, 6.07) is 1.93. The molecule has 1 aromatic rings. The zero-order valence-corrected chi connectivity index (χ0v) is 10.8. The van der Waals surface area contributed by atoms with Crippen LogP contribution in [0, 0.1) is 0 Å². The molecule has 0 fully saturated rings. The first-order valence-corrected chi connectivity index (χ1v) is 6.28. The van der Waals surface area contributed by atoms with Gasteiger partial charge in [-0.2, -0.15) is 5.10 Å². The fourth-order valence-electron chi connectivity index (χ4n) is 1.52. The van der Waals surface area contributed by atoms with Crippen LogP contribution in [0.2, 0.25) is 0 Å². The topological polar surface area (TPSA) is 54.2 Å². The number of unbranched alkanes of at least 4 members (excludes halogenated alkanes) is 2. The predicted molar refractivity (Wildman–Crippen MR) is 71.1 cm³/mol. The Hall–Kier alpha value is -1.52. The lowest BCUT2D eigenvalue weighted by Crippen LogP contribution is -2.39.